The quantitative estimate of drug-likeness (QED) is 0.0278. The molecule has 0 saturated heterocycles. The van der Waals surface area contributed by atoms with Gasteiger partial charge in [0.05, 0.1) is 13.2 Å². The van der Waals surface area contributed by atoms with Crippen LogP contribution in [0.4, 0.5) is 4.79 Å². The van der Waals surface area contributed by atoms with Crippen molar-refractivity contribution < 1.29 is 29.0 Å². The van der Waals surface area contributed by atoms with E-state index in [4.69, 9.17) is 32.7 Å². The molecular formula is C27H32ClN7O7. The Morgan fingerprint density at radius 2 is 1.90 bits per heavy atom. The highest BCUT2D eigenvalue weighted by molar-refractivity contribution is 6.31. The van der Waals surface area contributed by atoms with E-state index in [1.165, 1.54) is 0 Å². The fourth-order valence-electron chi connectivity index (χ4n) is 3.96. The highest BCUT2D eigenvalue weighted by atomic mass is 35.5. The van der Waals surface area contributed by atoms with Crippen molar-refractivity contribution >= 4 is 29.9 Å². The number of rotatable bonds is 16. The number of hydrazine groups is 1. The Labute approximate surface area is 246 Å². The molecule has 0 aliphatic carbocycles. The third kappa shape index (κ3) is 9.17. The zero-order chi connectivity index (χ0) is 30.5. The number of amidine groups is 1. The molecule has 0 amide bonds. The summed E-state index contributed by atoms with van der Waals surface area (Å²) < 4.78 is 11.5. The first-order chi connectivity index (χ1) is 20.2. The average Bonchev–Trinajstić information content (AvgIpc) is 3.28. The fraction of sp³-hybridized carbons (Fsp3) is 0.333. The highest BCUT2D eigenvalue weighted by Gasteiger charge is 2.16. The lowest BCUT2D eigenvalue weighted by Gasteiger charge is -2.15. The summed E-state index contributed by atoms with van der Waals surface area (Å²) in [6, 6.07) is 15.1. The molecule has 15 heteroatoms. The van der Waals surface area contributed by atoms with Crippen molar-refractivity contribution in [3.63, 3.8) is 0 Å². The van der Waals surface area contributed by atoms with Crippen LogP contribution in [0.2, 0.25) is 5.15 Å². The predicted octanol–water partition coefficient (Wildman–Crippen LogP) is 3.91. The van der Waals surface area contributed by atoms with Crippen LogP contribution in [0.1, 0.15) is 53.6 Å². The predicted molar refractivity (Wildman–Crippen MR) is 154 cm³/mol. The van der Waals surface area contributed by atoms with Crippen molar-refractivity contribution in [3.8, 4) is 11.1 Å². The molecule has 14 nitrogen and oxygen atoms in total. The molecule has 0 spiro atoms. The van der Waals surface area contributed by atoms with Gasteiger partial charge in [-0.25, -0.2) is 15.6 Å². The third-order valence-corrected chi connectivity index (χ3v) is 6.25. The molecular weight excluding hydrogens is 570 g/mol. The van der Waals surface area contributed by atoms with Crippen LogP contribution in [0.25, 0.3) is 11.1 Å². The number of hydrogen-bond acceptors (Lipinski definition) is 11. The molecule has 3 aromatic rings. The number of carbonyl (C=O) groups excluding carboxylic acids is 2. The van der Waals surface area contributed by atoms with E-state index in [0.717, 1.165) is 53.2 Å². The lowest BCUT2D eigenvalue weighted by atomic mass is 9.98. The maximum atomic E-state index is 11.7. The molecule has 0 aliphatic heterocycles. The first-order valence-corrected chi connectivity index (χ1v) is 13.4. The van der Waals surface area contributed by atoms with Crippen molar-refractivity contribution in [2.75, 3.05) is 19.9 Å². The monoisotopic (exact) mass is 601 g/mol. The second kappa shape index (κ2) is 15.9. The molecule has 42 heavy (non-hydrogen) atoms. The summed E-state index contributed by atoms with van der Waals surface area (Å²) in [4.78, 5) is 41.9. The van der Waals surface area contributed by atoms with Crippen molar-refractivity contribution in [2.45, 2.75) is 39.2 Å². The topological polar surface area (TPSA) is 190 Å². The largest absolute Gasteiger partial charge is 0.510 e. The van der Waals surface area contributed by atoms with Gasteiger partial charge in [0.25, 0.3) is 5.09 Å². The Balaban J connectivity index is 1.66. The number of aryl methyl sites for hydroxylation is 1. The number of nitrogens with two attached hydrogens (primary N) is 2. The molecule has 0 radical (unpaired) electrons. The molecule has 3 rings (SSSR count). The summed E-state index contributed by atoms with van der Waals surface area (Å²) in [5.41, 5.74) is 9.79. The molecule has 0 saturated carbocycles. The number of halogens is 1. The van der Waals surface area contributed by atoms with Crippen LogP contribution in [0.15, 0.2) is 53.6 Å². The minimum atomic E-state index is -1.03. The Morgan fingerprint density at radius 1 is 1.17 bits per heavy atom. The summed E-state index contributed by atoms with van der Waals surface area (Å²) in [7, 11) is 0. The minimum Gasteiger partial charge on any atom is -0.434 e. The van der Waals surface area contributed by atoms with E-state index < -0.39 is 18.0 Å². The van der Waals surface area contributed by atoms with E-state index in [1.54, 1.807) is 12.1 Å². The summed E-state index contributed by atoms with van der Waals surface area (Å²) in [6.07, 6.45) is 2.46. The van der Waals surface area contributed by atoms with E-state index in [9.17, 15) is 19.7 Å². The number of hydrazone groups is 1. The van der Waals surface area contributed by atoms with Crippen molar-refractivity contribution in [1.29, 1.82) is 0 Å². The average molecular weight is 602 g/mol. The number of unbranched alkanes of at least 4 members (excludes halogenated alkanes) is 1. The lowest BCUT2D eigenvalue weighted by Crippen LogP contribution is -2.33. The smallest absolute Gasteiger partial charge is 0.434 e. The third-order valence-electron chi connectivity index (χ3n) is 5.97. The molecule has 2 aromatic carbocycles. The number of aromatic nitrogens is 2. The molecule has 0 aliphatic rings. The summed E-state index contributed by atoms with van der Waals surface area (Å²) in [5, 5.41) is 14.3. The molecule has 0 fully saturated rings. The van der Waals surface area contributed by atoms with Crippen LogP contribution in [-0.4, -0.2) is 58.0 Å². The number of hydrogen-bond donors (Lipinski definition) is 2. The van der Waals surface area contributed by atoms with Crippen molar-refractivity contribution in [1.82, 2.24) is 14.7 Å². The normalized spacial score (nSPS) is 11.2. The van der Waals surface area contributed by atoms with Gasteiger partial charge in [-0.05, 0) is 23.1 Å². The summed E-state index contributed by atoms with van der Waals surface area (Å²) in [6.45, 7) is 1.72. The van der Waals surface area contributed by atoms with Gasteiger partial charge in [-0.15, -0.1) is 15.2 Å². The zero-order valence-electron chi connectivity index (χ0n) is 23.0. The van der Waals surface area contributed by atoms with Crippen molar-refractivity contribution in [3.05, 3.63) is 86.4 Å². The standard InChI is InChI=1S/C27H32ClN7O7/c1-2-3-9-24-31-25(28)23(17-36)33(24)16-19-10-12-20(13-11-19)21-7-4-5-8-22(21)26(29)32-34(30)18-41-27(37)40-14-6-15-42-35(38)39/h4-5,7-8,10-13,17H,2-3,6,9,14-16,18,30H2,1H3,(H2,29,32). The first kappa shape index (κ1) is 31.8. The Kier molecular flexibility index (Phi) is 12.1. The van der Waals surface area contributed by atoms with Gasteiger partial charge < -0.3 is 24.6 Å². The molecule has 1 heterocycles. The first-order valence-electron chi connectivity index (χ1n) is 13.0. The fourth-order valence-corrected chi connectivity index (χ4v) is 4.21. The van der Waals surface area contributed by atoms with E-state index in [1.807, 2.05) is 41.0 Å². The van der Waals surface area contributed by atoms with Crippen LogP contribution in [0.5, 0.6) is 0 Å². The maximum absolute atomic E-state index is 11.7. The number of benzene rings is 2. The van der Waals surface area contributed by atoms with Crippen LogP contribution in [-0.2, 0) is 27.3 Å². The van der Waals surface area contributed by atoms with Gasteiger partial charge in [-0.3, -0.25) is 4.79 Å². The Hall–Kier alpha value is -4.69. The minimum absolute atomic E-state index is 0.0790. The van der Waals surface area contributed by atoms with Crippen LogP contribution in [0, 0.1) is 10.1 Å². The lowest BCUT2D eigenvalue weighted by molar-refractivity contribution is -0.757. The number of aldehydes is 1. The molecule has 224 valence electrons. The van der Waals surface area contributed by atoms with Crippen LogP contribution >= 0.6 is 11.6 Å². The molecule has 0 atom stereocenters. The Bertz CT molecular complexity index is 1400. The van der Waals surface area contributed by atoms with Crippen LogP contribution in [0.3, 0.4) is 0 Å². The van der Waals surface area contributed by atoms with Gasteiger partial charge in [0.15, 0.2) is 24.0 Å². The zero-order valence-corrected chi connectivity index (χ0v) is 23.7. The van der Waals surface area contributed by atoms with Gasteiger partial charge in [0.2, 0.25) is 0 Å². The maximum Gasteiger partial charge on any atom is 0.510 e. The summed E-state index contributed by atoms with van der Waals surface area (Å²) in [5.74, 6) is 6.67. The molecule has 0 unspecified atom stereocenters. The van der Waals surface area contributed by atoms with Gasteiger partial charge in [0.1, 0.15) is 11.5 Å². The second-order valence-corrected chi connectivity index (χ2v) is 9.32. The van der Waals surface area contributed by atoms with E-state index in [2.05, 4.69) is 21.8 Å². The van der Waals surface area contributed by atoms with Gasteiger partial charge in [-0.2, -0.15) is 5.12 Å². The molecule has 1 aromatic heterocycles. The van der Waals surface area contributed by atoms with Gasteiger partial charge in [0, 0.05) is 24.9 Å². The SMILES string of the molecule is CCCCc1nc(Cl)c(C=O)n1Cc1ccc(-c2ccccc2/C(N)=N/N(N)COC(=O)OCCCO[N+](=O)[O-])cc1. The number of ether oxygens (including phenoxy) is 2. The van der Waals surface area contributed by atoms with E-state index >= 15 is 0 Å². The Morgan fingerprint density at radius 3 is 2.60 bits per heavy atom. The van der Waals surface area contributed by atoms with Gasteiger partial charge >= 0.3 is 6.16 Å². The number of carbonyl (C=O) groups is 2. The van der Waals surface area contributed by atoms with E-state index in [-0.39, 0.29) is 30.6 Å². The van der Waals surface area contributed by atoms with E-state index in [0.29, 0.717) is 17.8 Å². The number of nitrogens with zero attached hydrogens (tertiary/aromatic N) is 5. The molecule has 0 bridgehead atoms. The van der Waals surface area contributed by atoms with Crippen LogP contribution < -0.4 is 11.6 Å². The highest BCUT2D eigenvalue weighted by Crippen LogP contribution is 2.25. The van der Waals surface area contributed by atoms with Gasteiger partial charge in [-0.1, -0.05) is 73.5 Å². The molecule has 4 N–H and O–H groups in total. The summed E-state index contributed by atoms with van der Waals surface area (Å²) >= 11 is 6.21. The number of imidazole rings is 1. The second-order valence-electron chi connectivity index (χ2n) is 8.96. The van der Waals surface area contributed by atoms with Crippen molar-refractivity contribution in [2.24, 2.45) is 16.7 Å².